The van der Waals surface area contributed by atoms with Crippen molar-refractivity contribution in [2.75, 3.05) is 6.54 Å². The minimum atomic E-state index is -0.938. The van der Waals surface area contributed by atoms with Crippen LogP contribution in [0.25, 0.3) is 5.69 Å². The lowest BCUT2D eigenvalue weighted by Crippen LogP contribution is -2.38. The molecule has 4 rings (SSSR count). The molecule has 0 radical (unpaired) electrons. The van der Waals surface area contributed by atoms with E-state index in [1.165, 1.54) is 67.5 Å². The molecular formula is C31H46N2O2. The van der Waals surface area contributed by atoms with Crippen molar-refractivity contribution in [3.63, 3.8) is 0 Å². The summed E-state index contributed by atoms with van der Waals surface area (Å²) in [6, 6.07) is 7.10. The molecule has 2 aliphatic rings. The summed E-state index contributed by atoms with van der Waals surface area (Å²) in [6.45, 7) is 15.0. The number of carbonyl (C=O) groups excluding carboxylic acids is 1. The summed E-state index contributed by atoms with van der Waals surface area (Å²) in [5, 5.41) is 13.1. The van der Waals surface area contributed by atoms with Gasteiger partial charge in [0.2, 0.25) is 0 Å². The van der Waals surface area contributed by atoms with Crippen LogP contribution in [0.4, 0.5) is 0 Å². The first kappa shape index (κ1) is 26.0. The molecule has 35 heavy (non-hydrogen) atoms. The van der Waals surface area contributed by atoms with Gasteiger partial charge in [0.1, 0.15) is 0 Å². The van der Waals surface area contributed by atoms with Gasteiger partial charge in [0.15, 0.2) is 0 Å². The Bertz CT molecular complexity index is 1050. The molecule has 0 bridgehead atoms. The topological polar surface area (TPSA) is 54.3 Å². The van der Waals surface area contributed by atoms with Crippen molar-refractivity contribution in [1.82, 2.24) is 9.88 Å². The first-order valence-corrected chi connectivity index (χ1v) is 13.6. The zero-order valence-corrected chi connectivity index (χ0v) is 23.1. The Morgan fingerprint density at radius 1 is 1.09 bits per heavy atom. The first-order valence-electron chi connectivity index (χ1n) is 13.6. The maximum atomic E-state index is 13.2. The Kier molecular flexibility index (Phi) is 7.00. The van der Waals surface area contributed by atoms with E-state index in [2.05, 4.69) is 62.7 Å². The number of aromatic nitrogens is 1. The average molecular weight is 479 g/mol. The molecule has 192 valence electrons. The summed E-state index contributed by atoms with van der Waals surface area (Å²) < 4.78 is 2.31. The molecule has 2 N–H and O–H groups in total. The van der Waals surface area contributed by atoms with Crippen LogP contribution in [0.2, 0.25) is 0 Å². The van der Waals surface area contributed by atoms with Crippen molar-refractivity contribution in [2.24, 2.45) is 5.92 Å². The molecule has 1 heterocycles. The number of nitrogens with zero attached hydrogens (tertiary/aromatic N) is 1. The number of nitrogens with one attached hydrogen (secondary N) is 1. The van der Waals surface area contributed by atoms with Crippen LogP contribution in [0.5, 0.6) is 0 Å². The predicted octanol–water partition coefficient (Wildman–Crippen LogP) is 6.76. The molecule has 2 aromatic rings. The Labute approximate surface area is 212 Å². The third-order valence-corrected chi connectivity index (χ3v) is 8.28. The Balaban J connectivity index is 1.80. The molecule has 0 saturated heterocycles. The number of carbonyl (C=O) groups is 1. The molecule has 2 fully saturated rings. The van der Waals surface area contributed by atoms with Gasteiger partial charge in [-0.2, -0.15) is 0 Å². The Morgan fingerprint density at radius 3 is 2.31 bits per heavy atom. The normalized spacial score (nSPS) is 18.5. The van der Waals surface area contributed by atoms with Crippen LogP contribution in [-0.2, 0) is 17.3 Å². The molecule has 0 spiro atoms. The summed E-state index contributed by atoms with van der Waals surface area (Å²) in [4.78, 5) is 13.2. The number of benzene rings is 1. The van der Waals surface area contributed by atoms with Gasteiger partial charge in [-0.15, -0.1) is 0 Å². The minimum absolute atomic E-state index is 0.0503. The fraction of sp³-hybridized carbons (Fsp3) is 0.645. The van der Waals surface area contributed by atoms with Crippen molar-refractivity contribution in [2.45, 2.75) is 116 Å². The Hall–Kier alpha value is -2.07. The van der Waals surface area contributed by atoms with Crippen LogP contribution in [-0.4, -0.2) is 27.7 Å². The summed E-state index contributed by atoms with van der Waals surface area (Å²) in [5.41, 5.74) is 6.39. The van der Waals surface area contributed by atoms with Crippen LogP contribution < -0.4 is 5.32 Å². The third-order valence-electron chi connectivity index (χ3n) is 8.28. The van der Waals surface area contributed by atoms with Gasteiger partial charge in [0, 0.05) is 24.1 Å². The molecule has 1 amide bonds. The van der Waals surface area contributed by atoms with Gasteiger partial charge in [-0.3, -0.25) is 4.79 Å². The summed E-state index contributed by atoms with van der Waals surface area (Å²) in [6.07, 6.45) is 12.1. The number of rotatable bonds is 7. The lowest BCUT2D eigenvalue weighted by Gasteiger charge is -2.25. The summed E-state index contributed by atoms with van der Waals surface area (Å²) in [5.74, 6) is 0.573. The number of amides is 1. The zero-order valence-electron chi connectivity index (χ0n) is 23.1. The van der Waals surface area contributed by atoms with Crippen molar-refractivity contribution in [3.8, 4) is 5.69 Å². The third kappa shape index (κ3) is 6.02. The highest BCUT2D eigenvalue weighted by Crippen LogP contribution is 2.49. The zero-order chi connectivity index (χ0) is 25.6. The monoisotopic (exact) mass is 478 g/mol. The summed E-state index contributed by atoms with van der Waals surface area (Å²) in [7, 11) is 0. The van der Waals surface area contributed by atoms with Crippen molar-refractivity contribution < 1.29 is 9.90 Å². The second-order valence-corrected chi connectivity index (χ2v) is 13.3. The molecule has 2 aliphatic carbocycles. The average Bonchev–Trinajstić information content (AvgIpc) is 3.46. The number of hydrogen-bond acceptors (Lipinski definition) is 2. The molecule has 4 heteroatoms. The Morgan fingerprint density at radius 2 is 1.74 bits per heavy atom. The van der Waals surface area contributed by atoms with Crippen molar-refractivity contribution >= 4 is 5.91 Å². The summed E-state index contributed by atoms with van der Waals surface area (Å²) >= 11 is 0. The van der Waals surface area contributed by atoms with Crippen molar-refractivity contribution in [1.29, 1.82) is 0 Å². The van der Waals surface area contributed by atoms with E-state index < -0.39 is 5.60 Å². The first-order chi connectivity index (χ1) is 16.3. The van der Waals surface area contributed by atoms with E-state index in [0.29, 0.717) is 5.92 Å². The van der Waals surface area contributed by atoms with Gasteiger partial charge in [-0.25, -0.2) is 0 Å². The van der Waals surface area contributed by atoms with Gasteiger partial charge < -0.3 is 15.0 Å². The lowest BCUT2D eigenvalue weighted by molar-refractivity contribution is 0.0694. The minimum Gasteiger partial charge on any atom is -0.389 e. The van der Waals surface area contributed by atoms with E-state index in [9.17, 15) is 9.90 Å². The van der Waals surface area contributed by atoms with E-state index in [1.807, 2.05) is 6.20 Å². The molecule has 1 aromatic carbocycles. The maximum absolute atomic E-state index is 13.2. The van der Waals surface area contributed by atoms with Crippen LogP contribution in [0.3, 0.4) is 0 Å². The molecule has 1 aromatic heterocycles. The second kappa shape index (κ2) is 9.42. The largest absolute Gasteiger partial charge is 0.389 e. The fourth-order valence-corrected chi connectivity index (χ4v) is 5.42. The molecular weight excluding hydrogens is 432 g/mol. The van der Waals surface area contributed by atoms with Gasteiger partial charge in [0.25, 0.3) is 5.91 Å². The molecule has 0 aliphatic heterocycles. The van der Waals surface area contributed by atoms with Crippen LogP contribution in [0, 0.1) is 12.8 Å². The molecule has 0 atom stereocenters. The standard InChI is InChI=1S/C31H46N2O2/c1-21-26(28(34)32-20-30(5,6)35)19-33(27(21)15-22-11-9-8-10-12-22)25-17-23(29(2,3)4)16-24(18-25)31(7)13-14-31/h16-19,22,35H,8-15,20H2,1-7H3,(H,32,34). The quantitative estimate of drug-likeness (QED) is 0.462. The molecule has 0 unspecified atom stereocenters. The van der Waals surface area contributed by atoms with E-state index in [1.54, 1.807) is 13.8 Å². The second-order valence-electron chi connectivity index (χ2n) is 13.3. The van der Waals surface area contributed by atoms with E-state index in [-0.39, 0.29) is 23.3 Å². The highest BCUT2D eigenvalue weighted by Gasteiger charge is 2.40. The van der Waals surface area contributed by atoms with Crippen molar-refractivity contribution in [3.05, 3.63) is 52.3 Å². The van der Waals surface area contributed by atoms with Crippen LogP contribution in [0.15, 0.2) is 24.4 Å². The van der Waals surface area contributed by atoms with E-state index >= 15 is 0 Å². The number of hydrogen-bond donors (Lipinski definition) is 2. The van der Waals surface area contributed by atoms with Crippen LogP contribution in [0.1, 0.15) is 119 Å². The van der Waals surface area contributed by atoms with E-state index in [4.69, 9.17) is 0 Å². The SMILES string of the molecule is Cc1c(C(=O)NCC(C)(C)O)cn(-c2cc(C(C)(C)C)cc(C3(C)CC3)c2)c1CC1CCCCC1. The van der Waals surface area contributed by atoms with Gasteiger partial charge in [-0.1, -0.05) is 65.9 Å². The molecule has 2 saturated carbocycles. The predicted molar refractivity (Wildman–Crippen MR) is 145 cm³/mol. The van der Waals surface area contributed by atoms with Gasteiger partial charge in [0.05, 0.1) is 11.2 Å². The van der Waals surface area contributed by atoms with Gasteiger partial charge in [-0.05, 0) is 85.6 Å². The fourth-order valence-electron chi connectivity index (χ4n) is 5.42. The lowest BCUT2D eigenvalue weighted by atomic mass is 9.83. The highest BCUT2D eigenvalue weighted by molar-refractivity contribution is 5.96. The highest BCUT2D eigenvalue weighted by atomic mass is 16.3. The smallest absolute Gasteiger partial charge is 0.253 e. The van der Waals surface area contributed by atoms with Crippen LogP contribution >= 0.6 is 0 Å². The van der Waals surface area contributed by atoms with Gasteiger partial charge >= 0.3 is 0 Å². The number of aliphatic hydroxyl groups is 1. The van der Waals surface area contributed by atoms with E-state index in [0.717, 1.165) is 17.5 Å². The maximum Gasteiger partial charge on any atom is 0.253 e. The molecule has 4 nitrogen and oxygen atoms in total.